The van der Waals surface area contributed by atoms with Crippen molar-refractivity contribution in [3.8, 4) is 0 Å². The molecule has 0 saturated heterocycles. The third kappa shape index (κ3) is 6.17. The molecule has 0 unspecified atom stereocenters. The van der Waals surface area contributed by atoms with Crippen LogP contribution in [0.1, 0.15) is 12.0 Å². The molecule has 1 amide bonds. The Hall–Kier alpha value is -2.66. The van der Waals surface area contributed by atoms with Crippen molar-refractivity contribution in [3.05, 3.63) is 77.9 Å². The minimum atomic E-state index is -3.98. The topological polar surface area (TPSA) is 105 Å². The Morgan fingerprint density at radius 3 is 2.45 bits per heavy atom. The van der Waals surface area contributed by atoms with Gasteiger partial charge in [-0.25, -0.2) is 21.9 Å². The molecule has 0 bridgehead atoms. The maximum absolute atomic E-state index is 13.6. The van der Waals surface area contributed by atoms with Gasteiger partial charge in [0.15, 0.2) is 0 Å². The summed E-state index contributed by atoms with van der Waals surface area (Å²) in [4.78, 5) is 12.0. The average Bonchev–Trinajstić information content (AvgIpc) is 2.74. The number of carbonyl (C=O) groups excluding carboxylic acids is 1. The normalized spacial score (nSPS) is 21.1. The quantitative estimate of drug-likeness (QED) is 0.528. The predicted octanol–water partition coefficient (Wildman–Crippen LogP) is 1.63. The van der Waals surface area contributed by atoms with Crippen LogP contribution in [0.4, 0.5) is 8.78 Å². The largest absolute Gasteiger partial charge is 0.394 e. The summed E-state index contributed by atoms with van der Waals surface area (Å²) in [6, 6.07) is 9.51. The predicted molar refractivity (Wildman–Crippen MR) is 108 cm³/mol. The van der Waals surface area contributed by atoms with Crippen molar-refractivity contribution in [1.29, 1.82) is 0 Å². The summed E-state index contributed by atoms with van der Waals surface area (Å²) in [5.74, 6) is -1.38. The zero-order chi connectivity index (χ0) is 22.4. The summed E-state index contributed by atoms with van der Waals surface area (Å²) in [6.45, 7) is -0.472. The first-order chi connectivity index (χ1) is 14.8. The van der Waals surface area contributed by atoms with Gasteiger partial charge in [-0.05, 0) is 30.3 Å². The van der Waals surface area contributed by atoms with E-state index in [0.717, 1.165) is 24.3 Å². The lowest BCUT2D eigenvalue weighted by molar-refractivity contribution is -0.125. The van der Waals surface area contributed by atoms with E-state index in [4.69, 9.17) is 4.74 Å². The molecule has 2 aromatic carbocycles. The molecule has 1 heterocycles. The van der Waals surface area contributed by atoms with Gasteiger partial charge in [-0.3, -0.25) is 4.79 Å². The Labute approximate surface area is 178 Å². The number of hydrogen-bond donors (Lipinski definition) is 3. The van der Waals surface area contributed by atoms with Crippen molar-refractivity contribution < 1.29 is 31.8 Å². The maximum atomic E-state index is 13.6. The van der Waals surface area contributed by atoms with Crippen LogP contribution in [0, 0.1) is 11.6 Å². The summed E-state index contributed by atoms with van der Waals surface area (Å²) in [6.07, 6.45) is 1.32. The van der Waals surface area contributed by atoms with E-state index in [0.29, 0.717) is 5.56 Å². The number of benzene rings is 2. The SMILES string of the molecule is O=C(C[C@@H]1C=C[C@H](NS(=O)(=O)c2ccc(F)cc2)[C@H](CO)O1)NCc1ccccc1F. The number of carbonyl (C=O) groups is 1. The van der Waals surface area contributed by atoms with Crippen molar-refractivity contribution in [2.24, 2.45) is 0 Å². The summed E-state index contributed by atoms with van der Waals surface area (Å²) in [5.41, 5.74) is 0.347. The number of hydrogen-bond acceptors (Lipinski definition) is 5. The molecule has 0 fully saturated rings. The standard InChI is InChI=1S/C21H22F2N2O5S/c22-15-5-8-17(9-6-15)31(28,29)25-19-10-7-16(30-20(19)13-26)11-21(27)24-12-14-3-1-2-4-18(14)23/h1-10,16,19-20,25-26H,11-13H2,(H,24,27)/t16-,19-,20-/m0/s1. The third-order valence-corrected chi connectivity index (χ3v) is 6.17. The lowest BCUT2D eigenvalue weighted by atomic mass is 10.1. The second-order valence-corrected chi connectivity index (χ2v) is 8.67. The summed E-state index contributed by atoms with van der Waals surface area (Å²) < 4.78 is 59.7. The van der Waals surface area contributed by atoms with E-state index < -0.39 is 46.5 Å². The molecular formula is C21H22F2N2O5S. The molecule has 0 radical (unpaired) electrons. The number of amides is 1. The number of sulfonamides is 1. The van der Waals surface area contributed by atoms with Gasteiger partial charge in [-0.1, -0.05) is 30.4 Å². The van der Waals surface area contributed by atoms with Crippen LogP contribution in [-0.2, 0) is 26.1 Å². The average molecular weight is 452 g/mol. The Bertz CT molecular complexity index is 1040. The fraction of sp³-hybridized carbons (Fsp3) is 0.286. The molecule has 0 spiro atoms. The second kappa shape index (κ2) is 10.1. The highest BCUT2D eigenvalue weighted by Crippen LogP contribution is 2.19. The first-order valence-electron chi connectivity index (χ1n) is 9.51. The van der Waals surface area contributed by atoms with Gasteiger partial charge >= 0.3 is 0 Å². The van der Waals surface area contributed by atoms with Crippen LogP contribution >= 0.6 is 0 Å². The van der Waals surface area contributed by atoms with Crippen LogP contribution in [0.3, 0.4) is 0 Å². The highest BCUT2D eigenvalue weighted by molar-refractivity contribution is 7.89. The summed E-state index contributed by atoms with van der Waals surface area (Å²) in [5, 5.41) is 12.2. The van der Waals surface area contributed by atoms with Crippen molar-refractivity contribution in [3.63, 3.8) is 0 Å². The van der Waals surface area contributed by atoms with E-state index in [9.17, 15) is 27.1 Å². The van der Waals surface area contributed by atoms with E-state index in [1.165, 1.54) is 18.2 Å². The molecule has 1 aliphatic rings. The Morgan fingerprint density at radius 2 is 1.77 bits per heavy atom. The monoisotopic (exact) mass is 452 g/mol. The first kappa shape index (κ1) is 23.0. The first-order valence-corrected chi connectivity index (χ1v) is 11.0. The van der Waals surface area contributed by atoms with Gasteiger partial charge in [0.25, 0.3) is 0 Å². The van der Waals surface area contributed by atoms with E-state index in [1.54, 1.807) is 18.2 Å². The molecule has 0 saturated carbocycles. The maximum Gasteiger partial charge on any atom is 0.241 e. The molecule has 0 aliphatic carbocycles. The Morgan fingerprint density at radius 1 is 1.06 bits per heavy atom. The number of aliphatic hydroxyl groups excluding tert-OH is 1. The van der Waals surface area contributed by atoms with Gasteiger partial charge in [-0.2, -0.15) is 0 Å². The van der Waals surface area contributed by atoms with E-state index in [2.05, 4.69) is 10.0 Å². The molecule has 7 nitrogen and oxygen atoms in total. The molecule has 10 heteroatoms. The molecule has 0 aromatic heterocycles. The smallest absolute Gasteiger partial charge is 0.241 e. The Balaban J connectivity index is 1.59. The molecule has 3 atom stereocenters. The fourth-order valence-electron chi connectivity index (χ4n) is 3.06. The van der Waals surface area contributed by atoms with Crippen molar-refractivity contribution in [2.45, 2.75) is 36.1 Å². The second-order valence-electron chi connectivity index (χ2n) is 6.95. The zero-order valence-electron chi connectivity index (χ0n) is 16.4. The number of nitrogens with one attached hydrogen (secondary N) is 2. The number of aliphatic hydroxyl groups is 1. The minimum absolute atomic E-state index is 0.0193. The van der Waals surface area contributed by atoms with Crippen LogP contribution in [0.2, 0.25) is 0 Å². The fourth-order valence-corrected chi connectivity index (χ4v) is 4.28. The highest BCUT2D eigenvalue weighted by Gasteiger charge is 2.31. The number of rotatable bonds is 8. The highest BCUT2D eigenvalue weighted by atomic mass is 32.2. The molecule has 31 heavy (non-hydrogen) atoms. The van der Waals surface area contributed by atoms with Crippen LogP contribution in [0.5, 0.6) is 0 Å². The summed E-state index contributed by atoms with van der Waals surface area (Å²) >= 11 is 0. The van der Waals surface area contributed by atoms with Gasteiger partial charge in [0.2, 0.25) is 15.9 Å². The van der Waals surface area contributed by atoms with Gasteiger partial charge < -0.3 is 15.2 Å². The molecule has 166 valence electrons. The molecule has 1 aliphatic heterocycles. The lowest BCUT2D eigenvalue weighted by Gasteiger charge is -2.31. The van der Waals surface area contributed by atoms with E-state index >= 15 is 0 Å². The van der Waals surface area contributed by atoms with Crippen molar-refractivity contribution >= 4 is 15.9 Å². The molecule has 3 N–H and O–H groups in total. The van der Waals surface area contributed by atoms with Gasteiger partial charge in [-0.15, -0.1) is 0 Å². The van der Waals surface area contributed by atoms with Crippen LogP contribution in [0.15, 0.2) is 65.6 Å². The van der Waals surface area contributed by atoms with E-state index in [1.807, 2.05) is 0 Å². The van der Waals surface area contributed by atoms with Crippen molar-refractivity contribution in [1.82, 2.24) is 10.0 Å². The van der Waals surface area contributed by atoms with Crippen molar-refractivity contribution in [2.75, 3.05) is 6.61 Å². The Kier molecular flexibility index (Phi) is 7.50. The molecule has 2 aromatic rings. The number of halogens is 2. The number of ether oxygens (including phenoxy) is 1. The zero-order valence-corrected chi connectivity index (χ0v) is 17.2. The van der Waals surface area contributed by atoms with Crippen LogP contribution in [0.25, 0.3) is 0 Å². The molecular weight excluding hydrogens is 430 g/mol. The van der Waals surface area contributed by atoms with Gasteiger partial charge in [0, 0.05) is 12.1 Å². The van der Waals surface area contributed by atoms with Crippen LogP contribution in [-0.4, -0.2) is 44.3 Å². The van der Waals surface area contributed by atoms with Gasteiger partial charge in [0.1, 0.15) is 17.7 Å². The lowest BCUT2D eigenvalue weighted by Crippen LogP contribution is -2.49. The third-order valence-electron chi connectivity index (χ3n) is 4.70. The summed E-state index contributed by atoms with van der Waals surface area (Å²) in [7, 11) is -3.98. The van der Waals surface area contributed by atoms with E-state index in [-0.39, 0.29) is 23.8 Å². The van der Waals surface area contributed by atoms with Gasteiger partial charge in [0.05, 0.1) is 30.1 Å². The minimum Gasteiger partial charge on any atom is -0.394 e. The van der Waals surface area contributed by atoms with Crippen LogP contribution < -0.4 is 10.0 Å². The molecule has 3 rings (SSSR count).